The molecule has 0 radical (unpaired) electrons. The number of hydrogen-bond donors (Lipinski definition) is 3. The molecule has 1 aliphatic heterocycles. The summed E-state index contributed by atoms with van der Waals surface area (Å²) in [5, 5.41) is 15.9. The van der Waals surface area contributed by atoms with Gasteiger partial charge in [-0.05, 0) is 46.9 Å². The zero-order valence-electron chi connectivity index (χ0n) is 28.9. The van der Waals surface area contributed by atoms with Crippen LogP contribution >= 0.6 is 11.8 Å². The van der Waals surface area contributed by atoms with Crippen LogP contribution in [0.3, 0.4) is 0 Å². The van der Waals surface area contributed by atoms with Gasteiger partial charge in [0.2, 0.25) is 0 Å². The molecule has 2 heterocycles. The molecule has 3 atom stereocenters. The van der Waals surface area contributed by atoms with Gasteiger partial charge in [-0.1, -0.05) is 133 Å². The molecule has 1 saturated heterocycles. The van der Waals surface area contributed by atoms with Crippen molar-refractivity contribution in [2.75, 3.05) is 12.3 Å². The van der Waals surface area contributed by atoms with Gasteiger partial charge in [0.15, 0.2) is 12.1 Å². The number of nitrogens with one attached hydrogen (secondary N) is 2. The standard InChI is InChI=1S/C43H41N3O5S/c1-2-44-42(48)45-26-30-11-9-16-34(23-30)35-17-10-18-36(24-35)41-49-37(25-38(50-41)31-21-19-29(27-47)20-22-31)28-52-43-46-39(32-12-5-3-6-13-32)40(51-43)33-14-7-4-8-15-33/h3-24,37-38,41,47H,2,25-28H2,1H3,(H2,44,45,48)/t37-,38+,41+/m1/s1. The Bertz CT molecular complexity index is 2010. The Labute approximate surface area is 308 Å². The number of hydrogen-bond acceptors (Lipinski definition) is 7. The van der Waals surface area contributed by atoms with Crippen molar-refractivity contribution < 1.29 is 23.8 Å². The van der Waals surface area contributed by atoms with E-state index < -0.39 is 6.29 Å². The number of benzene rings is 5. The fourth-order valence-corrected chi connectivity index (χ4v) is 7.10. The third kappa shape index (κ3) is 8.63. The number of urea groups is 1. The van der Waals surface area contributed by atoms with Crippen molar-refractivity contribution in [3.05, 3.63) is 156 Å². The molecule has 52 heavy (non-hydrogen) atoms. The number of rotatable bonds is 12. The number of carbonyl (C=O) groups excluding carboxylic acids is 1. The molecule has 1 fully saturated rings. The van der Waals surface area contributed by atoms with Gasteiger partial charge < -0.3 is 29.6 Å². The molecule has 3 N–H and O–H groups in total. The minimum absolute atomic E-state index is 0.0150. The zero-order valence-corrected chi connectivity index (χ0v) is 29.7. The summed E-state index contributed by atoms with van der Waals surface area (Å²) < 4.78 is 19.8. The number of aromatic nitrogens is 1. The van der Waals surface area contributed by atoms with E-state index >= 15 is 0 Å². The maximum absolute atomic E-state index is 12.0. The van der Waals surface area contributed by atoms with E-state index in [-0.39, 0.29) is 24.8 Å². The second kappa shape index (κ2) is 16.9. The lowest BCUT2D eigenvalue weighted by atomic mass is 9.99. The Morgan fingerprint density at radius 2 is 1.44 bits per heavy atom. The van der Waals surface area contributed by atoms with E-state index in [1.54, 1.807) is 0 Å². The topological polar surface area (TPSA) is 106 Å². The smallest absolute Gasteiger partial charge is 0.315 e. The van der Waals surface area contributed by atoms with Crippen molar-refractivity contribution in [2.24, 2.45) is 0 Å². The van der Waals surface area contributed by atoms with Gasteiger partial charge in [-0.25, -0.2) is 9.78 Å². The van der Waals surface area contributed by atoms with Crippen molar-refractivity contribution in [3.8, 4) is 33.7 Å². The summed E-state index contributed by atoms with van der Waals surface area (Å²) in [5.41, 5.74) is 8.61. The monoisotopic (exact) mass is 711 g/mol. The molecule has 9 heteroatoms. The largest absolute Gasteiger partial charge is 0.431 e. The third-order valence-electron chi connectivity index (χ3n) is 8.91. The van der Waals surface area contributed by atoms with Crippen molar-refractivity contribution in [2.45, 2.75) is 50.2 Å². The first-order valence-electron chi connectivity index (χ1n) is 17.5. The van der Waals surface area contributed by atoms with Crippen LogP contribution in [0.15, 0.2) is 143 Å². The van der Waals surface area contributed by atoms with E-state index in [4.69, 9.17) is 18.9 Å². The maximum Gasteiger partial charge on any atom is 0.315 e. The minimum Gasteiger partial charge on any atom is -0.431 e. The summed E-state index contributed by atoms with van der Waals surface area (Å²) >= 11 is 1.54. The molecule has 2 amide bonds. The van der Waals surface area contributed by atoms with Crippen LogP contribution < -0.4 is 10.6 Å². The van der Waals surface area contributed by atoms with Crippen LogP contribution in [-0.4, -0.2) is 34.5 Å². The first kappa shape index (κ1) is 35.2. The Morgan fingerprint density at radius 3 is 2.17 bits per heavy atom. The van der Waals surface area contributed by atoms with Crippen LogP contribution in [0.5, 0.6) is 0 Å². The van der Waals surface area contributed by atoms with Gasteiger partial charge in [-0.2, -0.15) is 0 Å². The first-order valence-corrected chi connectivity index (χ1v) is 18.5. The Kier molecular flexibility index (Phi) is 11.4. The van der Waals surface area contributed by atoms with Crippen LogP contribution in [0.2, 0.25) is 0 Å². The number of thioether (sulfide) groups is 1. The van der Waals surface area contributed by atoms with E-state index in [0.717, 1.165) is 56.0 Å². The van der Waals surface area contributed by atoms with Crippen molar-refractivity contribution in [1.82, 2.24) is 15.6 Å². The summed E-state index contributed by atoms with van der Waals surface area (Å²) in [5.74, 6) is 1.34. The molecule has 0 unspecified atom stereocenters. The molecule has 0 spiro atoms. The molecule has 5 aromatic carbocycles. The molecule has 1 aliphatic rings. The highest BCUT2D eigenvalue weighted by atomic mass is 32.2. The first-order chi connectivity index (χ1) is 25.6. The lowest BCUT2D eigenvalue weighted by Gasteiger charge is -2.36. The van der Waals surface area contributed by atoms with E-state index in [1.165, 1.54) is 11.8 Å². The van der Waals surface area contributed by atoms with Crippen LogP contribution in [0.1, 0.15) is 48.0 Å². The van der Waals surface area contributed by atoms with Crippen molar-refractivity contribution in [3.63, 3.8) is 0 Å². The third-order valence-corrected chi connectivity index (χ3v) is 9.87. The molecule has 264 valence electrons. The Balaban J connectivity index is 1.13. The second-order valence-electron chi connectivity index (χ2n) is 12.6. The zero-order chi connectivity index (χ0) is 35.7. The van der Waals surface area contributed by atoms with E-state index in [2.05, 4.69) is 34.9 Å². The van der Waals surface area contributed by atoms with Gasteiger partial charge in [0.1, 0.15) is 5.69 Å². The highest BCUT2D eigenvalue weighted by Gasteiger charge is 2.33. The maximum atomic E-state index is 12.0. The highest BCUT2D eigenvalue weighted by Crippen LogP contribution is 2.41. The molecule has 6 aromatic rings. The number of ether oxygens (including phenoxy) is 2. The minimum atomic E-state index is -0.617. The van der Waals surface area contributed by atoms with Gasteiger partial charge in [0.25, 0.3) is 5.22 Å². The molecule has 0 aliphatic carbocycles. The number of amides is 2. The van der Waals surface area contributed by atoms with E-state index in [0.29, 0.717) is 30.5 Å². The summed E-state index contributed by atoms with van der Waals surface area (Å²) in [6, 6.07) is 44.3. The summed E-state index contributed by atoms with van der Waals surface area (Å²) in [4.78, 5) is 16.9. The van der Waals surface area contributed by atoms with Crippen LogP contribution in [0.4, 0.5) is 4.79 Å². The second-order valence-corrected chi connectivity index (χ2v) is 13.6. The van der Waals surface area contributed by atoms with Gasteiger partial charge in [-0.3, -0.25) is 0 Å². The Hall–Kier alpha value is -5.19. The van der Waals surface area contributed by atoms with Crippen molar-refractivity contribution >= 4 is 17.8 Å². The summed E-state index contributed by atoms with van der Waals surface area (Å²) in [7, 11) is 0. The number of nitrogens with zero attached hydrogens (tertiary/aromatic N) is 1. The predicted molar refractivity (Wildman–Crippen MR) is 204 cm³/mol. The molecule has 0 saturated carbocycles. The Morgan fingerprint density at radius 1 is 0.750 bits per heavy atom. The molecule has 7 rings (SSSR count). The van der Waals surface area contributed by atoms with Crippen molar-refractivity contribution in [1.29, 1.82) is 0 Å². The number of carbonyl (C=O) groups is 1. The SMILES string of the molecule is CCNC(=O)NCc1cccc(-c2cccc([C@H]3O[C@@H](CSc4nc(-c5ccccc5)c(-c5ccccc5)o4)C[C@@H](c4ccc(CO)cc4)O3)c2)c1. The van der Waals surface area contributed by atoms with Gasteiger partial charge in [0, 0.05) is 42.0 Å². The van der Waals surface area contributed by atoms with Gasteiger partial charge >= 0.3 is 6.03 Å². The van der Waals surface area contributed by atoms with Crippen LogP contribution in [-0.2, 0) is 22.6 Å². The molecule has 0 bridgehead atoms. The number of aliphatic hydroxyl groups excluding tert-OH is 1. The highest BCUT2D eigenvalue weighted by molar-refractivity contribution is 7.99. The normalized spacial score (nSPS) is 17.1. The van der Waals surface area contributed by atoms with E-state index in [1.807, 2.05) is 116 Å². The van der Waals surface area contributed by atoms with Crippen LogP contribution in [0.25, 0.3) is 33.7 Å². The summed E-state index contributed by atoms with van der Waals surface area (Å²) in [6.07, 6.45) is -0.381. The molecular weight excluding hydrogens is 671 g/mol. The average molecular weight is 712 g/mol. The molecular formula is C43H41N3O5S. The lowest BCUT2D eigenvalue weighted by Crippen LogP contribution is -2.34. The number of aliphatic hydroxyl groups is 1. The molecule has 8 nitrogen and oxygen atoms in total. The fourth-order valence-electron chi connectivity index (χ4n) is 6.26. The number of oxazole rings is 1. The fraction of sp³-hybridized carbons (Fsp3) is 0.209. The van der Waals surface area contributed by atoms with Gasteiger partial charge in [-0.15, -0.1) is 0 Å². The molecule has 1 aromatic heterocycles. The van der Waals surface area contributed by atoms with E-state index in [9.17, 15) is 9.90 Å². The average Bonchev–Trinajstić information content (AvgIpc) is 3.65. The lowest BCUT2D eigenvalue weighted by molar-refractivity contribution is -0.245. The summed E-state index contributed by atoms with van der Waals surface area (Å²) in [6.45, 7) is 2.87. The van der Waals surface area contributed by atoms with Crippen LogP contribution in [0, 0.1) is 0 Å². The predicted octanol–water partition coefficient (Wildman–Crippen LogP) is 9.32. The quantitative estimate of drug-likeness (QED) is 0.109. The van der Waals surface area contributed by atoms with Gasteiger partial charge in [0.05, 0.1) is 18.8 Å².